The van der Waals surface area contributed by atoms with Gasteiger partial charge in [-0.1, -0.05) is 24.3 Å². The Hall–Kier alpha value is -3.68. The van der Waals surface area contributed by atoms with Gasteiger partial charge in [-0.05, 0) is 36.8 Å². The summed E-state index contributed by atoms with van der Waals surface area (Å²) in [5.41, 5.74) is 1.09. The number of aromatic nitrogens is 2. The van der Waals surface area contributed by atoms with Gasteiger partial charge in [-0.3, -0.25) is 19.0 Å². The summed E-state index contributed by atoms with van der Waals surface area (Å²) in [7, 11) is 1.58. The summed E-state index contributed by atoms with van der Waals surface area (Å²) in [6.45, 7) is 1.44. The Morgan fingerprint density at radius 3 is 2.59 bits per heavy atom. The zero-order valence-electron chi connectivity index (χ0n) is 16.1. The van der Waals surface area contributed by atoms with Crippen LogP contribution in [0.5, 0.6) is 5.75 Å². The van der Waals surface area contributed by atoms with Gasteiger partial charge < -0.3 is 14.8 Å². The van der Waals surface area contributed by atoms with E-state index in [0.29, 0.717) is 17.4 Å². The molecule has 0 aliphatic rings. The van der Waals surface area contributed by atoms with Crippen LogP contribution in [0.3, 0.4) is 0 Å². The second-order valence-corrected chi connectivity index (χ2v) is 6.39. The van der Waals surface area contributed by atoms with Gasteiger partial charge in [-0.2, -0.15) is 0 Å². The quantitative estimate of drug-likeness (QED) is 0.611. The molecule has 1 atom stereocenters. The zero-order chi connectivity index (χ0) is 20.8. The first kappa shape index (κ1) is 20.1. The average molecular weight is 395 g/mol. The lowest BCUT2D eigenvalue weighted by molar-refractivity contribution is -0.155. The number of hydrogen-bond acceptors (Lipinski definition) is 6. The summed E-state index contributed by atoms with van der Waals surface area (Å²) < 4.78 is 11.4. The van der Waals surface area contributed by atoms with Gasteiger partial charge in [0.25, 0.3) is 11.5 Å². The fourth-order valence-corrected chi connectivity index (χ4v) is 2.72. The number of carbonyl (C=O) groups is 2. The Kier molecular flexibility index (Phi) is 6.23. The fraction of sp³-hybridized carbons (Fsp3) is 0.238. The van der Waals surface area contributed by atoms with Gasteiger partial charge in [0.2, 0.25) is 0 Å². The Morgan fingerprint density at radius 2 is 1.86 bits per heavy atom. The van der Waals surface area contributed by atoms with E-state index in [0.717, 1.165) is 15.9 Å². The minimum Gasteiger partial charge on any atom is -0.497 e. The first-order valence-electron chi connectivity index (χ1n) is 9.02. The van der Waals surface area contributed by atoms with Crippen LogP contribution >= 0.6 is 0 Å². The highest BCUT2D eigenvalue weighted by molar-refractivity contribution is 5.83. The van der Waals surface area contributed by atoms with Crippen LogP contribution in [0.2, 0.25) is 0 Å². The van der Waals surface area contributed by atoms with E-state index in [1.165, 1.54) is 13.3 Å². The SMILES string of the molecule is COc1ccc(CNC(=O)[C@@H](C)OC(=O)Cn2cnc3ccccc3c2=O)cc1. The molecule has 0 aliphatic heterocycles. The first-order valence-corrected chi connectivity index (χ1v) is 9.02. The number of carbonyl (C=O) groups excluding carboxylic acids is 2. The zero-order valence-corrected chi connectivity index (χ0v) is 16.1. The van der Waals surface area contributed by atoms with Crippen LogP contribution in [-0.2, 0) is 27.4 Å². The number of nitrogens with zero attached hydrogens (tertiary/aromatic N) is 2. The number of ether oxygens (including phenoxy) is 2. The third-order valence-electron chi connectivity index (χ3n) is 4.33. The molecular formula is C21H21N3O5. The van der Waals surface area contributed by atoms with Crippen molar-refractivity contribution in [1.29, 1.82) is 0 Å². The van der Waals surface area contributed by atoms with Crippen molar-refractivity contribution in [2.45, 2.75) is 26.1 Å². The Morgan fingerprint density at radius 1 is 1.14 bits per heavy atom. The van der Waals surface area contributed by atoms with Crippen LogP contribution in [0.4, 0.5) is 0 Å². The van der Waals surface area contributed by atoms with E-state index in [4.69, 9.17) is 9.47 Å². The van der Waals surface area contributed by atoms with E-state index in [2.05, 4.69) is 10.3 Å². The van der Waals surface area contributed by atoms with E-state index in [-0.39, 0.29) is 12.1 Å². The molecule has 8 nitrogen and oxygen atoms in total. The summed E-state index contributed by atoms with van der Waals surface area (Å²) in [5, 5.41) is 3.11. The molecular weight excluding hydrogens is 374 g/mol. The highest BCUT2D eigenvalue weighted by Gasteiger charge is 2.18. The molecule has 0 saturated carbocycles. The monoisotopic (exact) mass is 395 g/mol. The van der Waals surface area contributed by atoms with Gasteiger partial charge in [0.15, 0.2) is 6.10 Å². The predicted octanol–water partition coefficient (Wildman–Crippen LogP) is 1.65. The molecule has 1 heterocycles. The molecule has 0 fully saturated rings. The van der Waals surface area contributed by atoms with E-state index in [1.54, 1.807) is 43.5 Å². The average Bonchev–Trinajstić information content (AvgIpc) is 2.74. The number of benzene rings is 2. The topological polar surface area (TPSA) is 99.5 Å². The molecule has 0 radical (unpaired) electrons. The standard InChI is InChI=1S/C21H21N3O5/c1-14(20(26)22-11-15-7-9-16(28-2)10-8-15)29-19(25)12-24-13-23-18-6-4-3-5-17(18)21(24)27/h3-10,13-14H,11-12H2,1-2H3,(H,22,26)/t14-/m1/s1. The molecule has 2 aromatic carbocycles. The van der Waals surface area contributed by atoms with Crippen molar-refractivity contribution in [2.75, 3.05) is 7.11 Å². The Labute approximate surface area is 167 Å². The van der Waals surface area contributed by atoms with Crippen molar-refractivity contribution < 1.29 is 19.1 Å². The molecule has 1 aromatic heterocycles. The summed E-state index contributed by atoms with van der Waals surface area (Å²) in [4.78, 5) is 40.9. The van der Waals surface area contributed by atoms with E-state index < -0.39 is 18.0 Å². The minimum atomic E-state index is -0.995. The maximum Gasteiger partial charge on any atom is 0.326 e. The van der Waals surface area contributed by atoms with Crippen molar-refractivity contribution in [3.8, 4) is 5.75 Å². The van der Waals surface area contributed by atoms with Gasteiger partial charge >= 0.3 is 5.97 Å². The normalized spacial score (nSPS) is 11.7. The van der Waals surface area contributed by atoms with Gasteiger partial charge in [-0.25, -0.2) is 4.98 Å². The van der Waals surface area contributed by atoms with Crippen molar-refractivity contribution in [1.82, 2.24) is 14.9 Å². The molecule has 1 amide bonds. The number of para-hydroxylation sites is 1. The highest BCUT2D eigenvalue weighted by atomic mass is 16.5. The lowest BCUT2D eigenvalue weighted by atomic mass is 10.2. The second kappa shape index (κ2) is 9.01. The number of amides is 1. The summed E-state index contributed by atoms with van der Waals surface area (Å²) in [5.74, 6) is -0.407. The maximum atomic E-state index is 12.4. The largest absolute Gasteiger partial charge is 0.497 e. The number of fused-ring (bicyclic) bond motifs is 1. The van der Waals surface area contributed by atoms with E-state index >= 15 is 0 Å². The molecule has 0 aliphatic carbocycles. The summed E-state index contributed by atoms with van der Waals surface area (Å²) in [6, 6.07) is 14.1. The van der Waals surface area contributed by atoms with Crippen molar-refractivity contribution in [2.24, 2.45) is 0 Å². The molecule has 0 saturated heterocycles. The molecule has 3 aromatic rings. The van der Waals surface area contributed by atoms with Crippen molar-refractivity contribution in [3.05, 3.63) is 70.8 Å². The van der Waals surface area contributed by atoms with Crippen molar-refractivity contribution in [3.63, 3.8) is 0 Å². The third-order valence-corrected chi connectivity index (χ3v) is 4.33. The van der Waals surface area contributed by atoms with E-state index in [1.807, 2.05) is 12.1 Å². The number of nitrogens with one attached hydrogen (secondary N) is 1. The molecule has 0 bridgehead atoms. The van der Waals surface area contributed by atoms with Gasteiger partial charge in [-0.15, -0.1) is 0 Å². The van der Waals surface area contributed by atoms with E-state index in [9.17, 15) is 14.4 Å². The molecule has 0 spiro atoms. The number of methoxy groups -OCH3 is 1. The van der Waals surface area contributed by atoms with Crippen molar-refractivity contribution >= 4 is 22.8 Å². The molecule has 29 heavy (non-hydrogen) atoms. The molecule has 0 unspecified atom stereocenters. The van der Waals surface area contributed by atoms with Crippen LogP contribution in [0.25, 0.3) is 10.9 Å². The summed E-state index contributed by atoms with van der Waals surface area (Å²) >= 11 is 0. The molecule has 3 rings (SSSR count). The second-order valence-electron chi connectivity index (χ2n) is 6.39. The Balaban J connectivity index is 1.55. The van der Waals surface area contributed by atoms with Crippen LogP contribution in [0.15, 0.2) is 59.7 Å². The molecule has 150 valence electrons. The smallest absolute Gasteiger partial charge is 0.326 e. The maximum absolute atomic E-state index is 12.4. The molecule has 1 N–H and O–H groups in total. The molecule has 8 heteroatoms. The summed E-state index contributed by atoms with van der Waals surface area (Å²) in [6.07, 6.45) is 0.297. The highest BCUT2D eigenvalue weighted by Crippen LogP contribution is 2.11. The van der Waals surface area contributed by atoms with Gasteiger partial charge in [0, 0.05) is 6.54 Å². The number of esters is 1. The third kappa shape index (κ3) is 4.98. The lowest BCUT2D eigenvalue weighted by Gasteiger charge is -2.14. The fourth-order valence-electron chi connectivity index (χ4n) is 2.72. The Bertz CT molecular complexity index is 1080. The number of hydrogen-bond donors (Lipinski definition) is 1. The number of rotatable bonds is 7. The van der Waals surface area contributed by atoms with Crippen LogP contribution in [0.1, 0.15) is 12.5 Å². The van der Waals surface area contributed by atoms with Crippen LogP contribution in [-0.4, -0.2) is 34.6 Å². The van der Waals surface area contributed by atoms with Crippen LogP contribution < -0.4 is 15.6 Å². The van der Waals surface area contributed by atoms with Crippen LogP contribution in [0, 0.1) is 0 Å². The predicted molar refractivity (Wildman–Crippen MR) is 106 cm³/mol. The first-order chi connectivity index (χ1) is 14.0. The van der Waals surface area contributed by atoms with Gasteiger partial charge in [0.1, 0.15) is 12.3 Å². The lowest BCUT2D eigenvalue weighted by Crippen LogP contribution is -2.36. The van der Waals surface area contributed by atoms with Gasteiger partial charge in [0.05, 0.1) is 24.3 Å². The minimum absolute atomic E-state index is 0.290.